The molecular weight excluding hydrogens is 293 g/mol. The minimum Gasteiger partial charge on any atom is -0.462 e. The Kier molecular flexibility index (Phi) is 5.77. The molecule has 88 valence electrons. The lowest BCUT2D eigenvalue weighted by Gasteiger charge is -2.05. The van der Waals surface area contributed by atoms with Gasteiger partial charge in [0.15, 0.2) is 0 Å². The molecule has 0 bridgehead atoms. The van der Waals surface area contributed by atoms with Gasteiger partial charge >= 0.3 is 5.97 Å². The van der Waals surface area contributed by atoms with Crippen LogP contribution in [0.3, 0.4) is 0 Å². The van der Waals surface area contributed by atoms with Crippen LogP contribution in [0, 0.1) is 0 Å². The second kappa shape index (κ2) is 6.86. The lowest BCUT2D eigenvalue weighted by atomic mass is 10.2. The van der Waals surface area contributed by atoms with Crippen LogP contribution >= 0.6 is 27.5 Å². The van der Waals surface area contributed by atoms with Crippen LogP contribution < -0.4 is 0 Å². The monoisotopic (exact) mass is 305 g/mol. The minimum atomic E-state index is -0.421. The van der Waals surface area contributed by atoms with Crippen LogP contribution in [0.15, 0.2) is 16.7 Å². The number of ether oxygens (including phenoxy) is 1. The van der Waals surface area contributed by atoms with Crippen molar-refractivity contribution < 1.29 is 9.53 Å². The average Bonchev–Trinajstić information content (AvgIpc) is 2.27. The highest BCUT2D eigenvalue weighted by atomic mass is 79.9. The number of esters is 1. The van der Waals surface area contributed by atoms with Crippen molar-refractivity contribution in [1.29, 1.82) is 0 Å². The van der Waals surface area contributed by atoms with Crippen LogP contribution in [0.5, 0.6) is 0 Å². The molecule has 1 aromatic rings. The lowest BCUT2D eigenvalue weighted by molar-refractivity contribution is 0.0498. The SMILES string of the molecule is CCCCCOC(=O)c1cc(Br)cnc1Cl. The molecule has 3 nitrogen and oxygen atoms in total. The first-order chi connectivity index (χ1) is 7.65. The maximum absolute atomic E-state index is 11.6. The summed E-state index contributed by atoms with van der Waals surface area (Å²) in [7, 11) is 0. The van der Waals surface area contributed by atoms with E-state index in [4.69, 9.17) is 16.3 Å². The topological polar surface area (TPSA) is 39.2 Å². The summed E-state index contributed by atoms with van der Waals surface area (Å²) in [6, 6.07) is 1.61. The van der Waals surface area contributed by atoms with Gasteiger partial charge in [-0.15, -0.1) is 0 Å². The van der Waals surface area contributed by atoms with Gasteiger partial charge in [-0.1, -0.05) is 31.4 Å². The molecule has 0 aliphatic rings. The molecular formula is C11H13BrClNO2. The van der Waals surface area contributed by atoms with Crippen LogP contribution in [-0.4, -0.2) is 17.6 Å². The standard InChI is InChI=1S/C11H13BrClNO2/c1-2-3-4-5-16-11(15)9-6-8(12)7-14-10(9)13/h6-7H,2-5H2,1H3. The van der Waals surface area contributed by atoms with Gasteiger partial charge in [0.1, 0.15) is 5.15 Å². The molecule has 0 aliphatic heterocycles. The van der Waals surface area contributed by atoms with E-state index in [-0.39, 0.29) is 5.15 Å². The van der Waals surface area contributed by atoms with Crippen molar-refractivity contribution in [3.8, 4) is 0 Å². The molecule has 0 aliphatic carbocycles. The van der Waals surface area contributed by atoms with E-state index in [1.165, 1.54) is 6.20 Å². The Morgan fingerprint density at radius 1 is 1.56 bits per heavy atom. The van der Waals surface area contributed by atoms with E-state index >= 15 is 0 Å². The fourth-order valence-electron chi connectivity index (χ4n) is 1.16. The maximum atomic E-state index is 11.6. The predicted molar refractivity (Wildman–Crippen MR) is 66.8 cm³/mol. The Morgan fingerprint density at radius 3 is 3.00 bits per heavy atom. The van der Waals surface area contributed by atoms with Gasteiger partial charge in [-0.2, -0.15) is 0 Å². The molecule has 16 heavy (non-hydrogen) atoms. The van der Waals surface area contributed by atoms with Crippen LogP contribution in [0.1, 0.15) is 36.5 Å². The Bertz CT molecular complexity index is 371. The fraction of sp³-hybridized carbons (Fsp3) is 0.455. The van der Waals surface area contributed by atoms with Crippen molar-refractivity contribution in [2.45, 2.75) is 26.2 Å². The minimum absolute atomic E-state index is 0.170. The third-order valence-electron chi connectivity index (χ3n) is 2.01. The van der Waals surface area contributed by atoms with E-state index < -0.39 is 5.97 Å². The summed E-state index contributed by atoms with van der Waals surface area (Å²) in [5.41, 5.74) is 0.299. The largest absolute Gasteiger partial charge is 0.462 e. The van der Waals surface area contributed by atoms with E-state index in [9.17, 15) is 4.79 Å². The summed E-state index contributed by atoms with van der Waals surface area (Å²) < 4.78 is 5.79. The second-order valence-electron chi connectivity index (χ2n) is 3.33. The highest BCUT2D eigenvalue weighted by Gasteiger charge is 2.13. The summed E-state index contributed by atoms with van der Waals surface area (Å²) >= 11 is 9.03. The number of carbonyl (C=O) groups excluding carboxylic acids is 1. The first kappa shape index (κ1) is 13.5. The number of aromatic nitrogens is 1. The molecule has 0 aromatic carbocycles. The van der Waals surface area contributed by atoms with Crippen molar-refractivity contribution in [1.82, 2.24) is 4.98 Å². The number of halogens is 2. The Labute approximate surface area is 108 Å². The summed E-state index contributed by atoms with van der Waals surface area (Å²) in [5, 5.41) is 0.170. The number of rotatable bonds is 5. The quantitative estimate of drug-likeness (QED) is 0.471. The molecule has 0 spiro atoms. The summed E-state index contributed by atoms with van der Waals surface area (Å²) in [6.45, 7) is 2.52. The van der Waals surface area contributed by atoms with Gasteiger partial charge in [0, 0.05) is 10.7 Å². The zero-order valence-electron chi connectivity index (χ0n) is 9.00. The summed E-state index contributed by atoms with van der Waals surface area (Å²) in [6.07, 6.45) is 4.56. The molecule has 1 heterocycles. The van der Waals surface area contributed by atoms with Gasteiger partial charge in [0.25, 0.3) is 0 Å². The number of hydrogen-bond donors (Lipinski definition) is 0. The van der Waals surface area contributed by atoms with Gasteiger partial charge in [0.2, 0.25) is 0 Å². The number of nitrogens with zero attached hydrogens (tertiary/aromatic N) is 1. The van der Waals surface area contributed by atoms with E-state index in [1.54, 1.807) is 6.07 Å². The number of pyridine rings is 1. The van der Waals surface area contributed by atoms with Gasteiger partial charge in [-0.25, -0.2) is 9.78 Å². The molecule has 0 amide bonds. The fourth-order valence-corrected chi connectivity index (χ4v) is 1.67. The molecule has 5 heteroatoms. The normalized spacial score (nSPS) is 10.2. The first-order valence-corrected chi connectivity index (χ1v) is 6.30. The first-order valence-electron chi connectivity index (χ1n) is 5.13. The van der Waals surface area contributed by atoms with E-state index in [1.807, 2.05) is 0 Å². The molecule has 1 aromatic heterocycles. The molecule has 0 fully saturated rings. The van der Waals surface area contributed by atoms with Crippen molar-refractivity contribution in [3.05, 3.63) is 27.5 Å². The van der Waals surface area contributed by atoms with Crippen molar-refractivity contribution >= 4 is 33.5 Å². The molecule has 0 saturated heterocycles. The Hall–Kier alpha value is -0.610. The molecule has 0 radical (unpaired) electrons. The van der Waals surface area contributed by atoms with E-state index in [0.29, 0.717) is 16.6 Å². The average molecular weight is 307 g/mol. The number of unbranched alkanes of at least 4 members (excludes halogenated alkanes) is 2. The number of hydrogen-bond acceptors (Lipinski definition) is 3. The predicted octanol–water partition coefficient (Wildman–Crippen LogP) is 3.84. The second-order valence-corrected chi connectivity index (χ2v) is 4.61. The zero-order chi connectivity index (χ0) is 12.0. The lowest BCUT2D eigenvalue weighted by Crippen LogP contribution is -2.07. The van der Waals surface area contributed by atoms with Gasteiger partial charge < -0.3 is 4.74 Å². The highest BCUT2D eigenvalue weighted by Crippen LogP contribution is 2.18. The van der Waals surface area contributed by atoms with Gasteiger partial charge in [-0.3, -0.25) is 0 Å². The third kappa shape index (κ3) is 4.10. The van der Waals surface area contributed by atoms with Crippen molar-refractivity contribution in [2.75, 3.05) is 6.61 Å². The third-order valence-corrected chi connectivity index (χ3v) is 2.74. The number of carbonyl (C=O) groups is 1. The van der Waals surface area contributed by atoms with E-state index in [2.05, 4.69) is 27.8 Å². The molecule has 0 atom stereocenters. The molecule has 1 rings (SSSR count). The van der Waals surface area contributed by atoms with Gasteiger partial charge in [0.05, 0.1) is 12.2 Å². The van der Waals surface area contributed by atoms with Crippen molar-refractivity contribution in [2.24, 2.45) is 0 Å². The highest BCUT2D eigenvalue weighted by molar-refractivity contribution is 9.10. The van der Waals surface area contributed by atoms with Crippen LogP contribution in [0.25, 0.3) is 0 Å². The summed E-state index contributed by atoms with van der Waals surface area (Å²) in [4.78, 5) is 15.5. The Balaban J connectivity index is 2.55. The zero-order valence-corrected chi connectivity index (χ0v) is 11.3. The maximum Gasteiger partial charge on any atom is 0.341 e. The van der Waals surface area contributed by atoms with Crippen LogP contribution in [0.2, 0.25) is 5.15 Å². The van der Waals surface area contributed by atoms with Crippen LogP contribution in [0.4, 0.5) is 0 Å². The molecule has 0 unspecified atom stereocenters. The van der Waals surface area contributed by atoms with Crippen molar-refractivity contribution in [3.63, 3.8) is 0 Å². The smallest absolute Gasteiger partial charge is 0.341 e. The molecule has 0 N–H and O–H groups in total. The van der Waals surface area contributed by atoms with Crippen LogP contribution in [-0.2, 0) is 4.74 Å². The summed E-state index contributed by atoms with van der Waals surface area (Å²) in [5.74, 6) is -0.421. The Morgan fingerprint density at radius 2 is 2.31 bits per heavy atom. The van der Waals surface area contributed by atoms with E-state index in [0.717, 1.165) is 19.3 Å². The van der Waals surface area contributed by atoms with Gasteiger partial charge in [-0.05, 0) is 28.4 Å². The molecule has 0 saturated carbocycles.